The van der Waals surface area contributed by atoms with Crippen LogP contribution in [-0.2, 0) is 11.3 Å². The van der Waals surface area contributed by atoms with Crippen LogP contribution in [0.1, 0.15) is 12.5 Å². The molecule has 116 valence electrons. The van der Waals surface area contributed by atoms with Crippen molar-refractivity contribution in [1.82, 2.24) is 5.32 Å². The molecule has 0 unspecified atom stereocenters. The molecule has 1 N–H and O–H groups in total. The van der Waals surface area contributed by atoms with E-state index in [0.29, 0.717) is 27.4 Å². The predicted molar refractivity (Wildman–Crippen MR) is 89.9 cm³/mol. The lowest BCUT2D eigenvalue weighted by atomic mass is 10.2. The van der Waals surface area contributed by atoms with E-state index in [4.69, 9.17) is 39.5 Å². The maximum Gasteiger partial charge on any atom is 0.261 e. The number of nitrogens with one attached hydrogen (secondary N) is 1. The van der Waals surface area contributed by atoms with Crippen LogP contribution in [0, 0.1) is 0 Å². The molecular weight excluding hydrogens is 345 g/mol. The molecule has 2 rings (SSSR count). The number of halogens is 3. The van der Waals surface area contributed by atoms with E-state index in [2.05, 4.69) is 5.32 Å². The van der Waals surface area contributed by atoms with Crippen molar-refractivity contribution in [2.45, 2.75) is 19.6 Å². The number of amides is 1. The SMILES string of the molecule is C[C@H](Oc1cccc(Cl)c1)C(=O)NCc1ccc(Cl)cc1Cl. The Balaban J connectivity index is 1.91. The fourth-order valence-electron chi connectivity index (χ4n) is 1.79. The molecule has 6 heteroatoms. The van der Waals surface area contributed by atoms with Gasteiger partial charge >= 0.3 is 0 Å². The third-order valence-corrected chi connectivity index (χ3v) is 3.77. The second-order valence-electron chi connectivity index (χ2n) is 4.67. The van der Waals surface area contributed by atoms with Crippen molar-refractivity contribution in [3.63, 3.8) is 0 Å². The third kappa shape index (κ3) is 4.80. The number of hydrogen-bond donors (Lipinski definition) is 1. The summed E-state index contributed by atoms with van der Waals surface area (Å²) in [6.07, 6.45) is -0.649. The van der Waals surface area contributed by atoms with Gasteiger partial charge in [-0.2, -0.15) is 0 Å². The number of benzene rings is 2. The molecule has 2 aromatic rings. The quantitative estimate of drug-likeness (QED) is 0.839. The lowest BCUT2D eigenvalue weighted by Crippen LogP contribution is -2.35. The molecule has 22 heavy (non-hydrogen) atoms. The van der Waals surface area contributed by atoms with Crippen molar-refractivity contribution in [2.75, 3.05) is 0 Å². The fourth-order valence-corrected chi connectivity index (χ4v) is 2.44. The summed E-state index contributed by atoms with van der Waals surface area (Å²) in [6.45, 7) is 1.97. The molecular formula is C16H14Cl3NO2. The summed E-state index contributed by atoms with van der Waals surface area (Å²) in [7, 11) is 0. The van der Waals surface area contributed by atoms with Crippen molar-refractivity contribution in [1.29, 1.82) is 0 Å². The first-order valence-electron chi connectivity index (χ1n) is 6.59. The third-order valence-electron chi connectivity index (χ3n) is 2.95. The molecule has 0 aliphatic carbocycles. The summed E-state index contributed by atoms with van der Waals surface area (Å²) in [5, 5.41) is 4.39. The van der Waals surface area contributed by atoms with Gasteiger partial charge in [-0.15, -0.1) is 0 Å². The molecule has 0 saturated heterocycles. The van der Waals surface area contributed by atoms with Crippen LogP contribution in [0.4, 0.5) is 0 Å². The van der Waals surface area contributed by atoms with Gasteiger partial charge in [-0.25, -0.2) is 0 Å². The molecule has 1 atom stereocenters. The minimum Gasteiger partial charge on any atom is -0.481 e. The fraction of sp³-hybridized carbons (Fsp3) is 0.188. The highest BCUT2D eigenvalue weighted by molar-refractivity contribution is 6.35. The molecule has 0 heterocycles. The molecule has 0 bridgehead atoms. The summed E-state index contributed by atoms with van der Waals surface area (Å²) in [4.78, 5) is 12.0. The Morgan fingerprint density at radius 1 is 1.14 bits per heavy atom. The van der Waals surface area contributed by atoms with E-state index in [0.717, 1.165) is 5.56 Å². The van der Waals surface area contributed by atoms with Gasteiger partial charge in [0.05, 0.1) is 0 Å². The topological polar surface area (TPSA) is 38.3 Å². The first-order chi connectivity index (χ1) is 10.5. The van der Waals surface area contributed by atoms with Crippen LogP contribution in [0.25, 0.3) is 0 Å². The largest absolute Gasteiger partial charge is 0.481 e. The molecule has 0 spiro atoms. The molecule has 0 saturated carbocycles. The maximum absolute atomic E-state index is 12.0. The molecule has 3 nitrogen and oxygen atoms in total. The van der Waals surface area contributed by atoms with Gasteiger partial charge in [-0.3, -0.25) is 4.79 Å². The number of carbonyl (C=O) groups excluding carboxylic acids is 1. The molecule has 2 aromatic carbocycles. The zero-order valence-corrected chi connectivity index (χ0v) is 14.0. The number of hydrogen-bond acceptors (Lipinski definition) is 2. The Morgan fingerprint density at radius 3 is 2.55 bits per heavy atom. The van der Waals surface area contributed by atoms with Gasteiger partial charge in [0.25, 0.3) is 5.91 Å². The van der Waals surface area contributed by atoms with Gasteiger partial charge in [0, 0.05) is 21.6 Å². The molecule has 1 amide bonds. The predicted octanol–water partition coefficient (Wildman–Crippen LogP) is 4.73. The molecule has 0 aliphatic heterocycles. The van der Waals surface area contributed by atoms with Gasteiger partial charge < -0.3 is 10.1 Å². The van der Waals surface area contributed by atoms with Crippen molar-refractivity contribution in [3.05, 3.63) is 63.1 Å². The van der Waals surface area contributed by atoms with Crippen LogP contribution >= 0.6 is 34.8 Å². The van der Waals surface area contributed by atoms with Crippen LogP contribution in [0.2, 0.25) is 15.1 Å². The van der Waals surface area contributed by atoms with Gasteiger partial charge in [-0.05, 0) is 42.8 Å². The second-order valence-corrected chi connectivity index (χ2v) is 5.95. The zero-order chi connectivity index (χ0) is 16.1. The Labute approximate surface area is 144 Å². The van der Waals surface area contributed by atoms with Crippen LogP contribution in [0.3, 0.4) is 0 Å². The van der Waals surface area contributed by atoms with Gasteiger partial charge in [0.1, 0.15) is 5.75 Å². The van der Waals surface area contributed by atoms with Gasteiger partial charge in [-0.1, -0.05) is 46.9 Å². The summed E-state index contributed by atoms with van der Waals surface area (Å²) in [5.41, 5.74) is 0.786. The Hall–Kier alpha value is -1.42. The minimum absolute atomic E-state index is 0.244. The summed E-state index contributed by atoms with van der Waals surface area (Å²) < 4.78 is 5.54. The van der Waals surface area contributed by atoms with E-state index < -0.39 is 6.10 Å². The summed E-state index contributed by atoms with van der Waals surface area (Å²) in [6, 6.07) is 12.0. The normalized spacial score (nSPS) is 11.8. The van der Waals surface area contributed by atoms with E-state index in [1.54, 1.807) is 49.4 Å². The highest BCUT2D eigenvalue weighted by Crippen LogP contribution is 2.21. The Morgan fingerprint density at radius 2 is 1.86 bits per heavy atom. The minimum atomic E-state index is -0.649. The monoisotopic (exact) mass is 357 g/mol. The van der Waals surface area contributed by atoms with Crippen LogP contribution in [0.15, 0.2) is 42.5 Å². The highest BCUT2D eigenvalue weighted by Gasteiger charge is 2.15. The first kappa shape index (κ1) is 16.9. The second kappa shape index (κ2) is 7.73. The smallest absolute Gasteiger partial charge is 0.261 e. The van der Waals surface area contributed by atoms with E-state index in [9.17, 15) is 4.79 Å². The maximum atomic E-state index is 12.0. The van der Waals surface area contributed by atoms with Crippen molar-refractivity contribution in [3.8, 4) is 5.75 Å². The number of carbonyl (C=O) groups is 1. The lowest BCUT2D eigenvalue weighted by Gasteiger charge is -2.15. The Kier molecular flexibility index (Phi) is 5.95. The van der Waals surface area contributed by atoms with Crippen LogP contribution < -0.4 is 10.1 Å². The molecule has 0 aliphatic rings. The average molecular weight is 359 g/mol. The molecule has 0 aromatic heterocycles. The first-order valence-corrected chi connectivity index (χ1v) is 7.73. The highest BCUT2D eigenvalue weighted by atomic mass is 35.5. The standard InChI is InChI=1S/C16H14Cl3NO2/c1-10(22-14-4-2-3-12(17)7-14)16(21)20-9-11-5-6-13(18)8-15(11)19/h2-8,10H,9H2,1H3,(H,20,21)/t10-/m0/s1. The number of rotatable bonds is 5. The van der Waals surface area contributed by atoms with E-state index in [1.165, 1.54) is 0 Å². The number of ether oxygens (including phenoxy) is 1. The van der Waals surface area contributed by atoms with E-state index >= 15 is 0 Å². The molecule has 0 fully saturated rings. The van der Waals surface area contributed by atoms with Crippen LogP contribution in [-0.4, -0.2) is 12.0 Å². The van der Waals surface area contributed by atoms with Crippen molar-refractivity contribution >= 4 is 40.7 Å². The van der Waals surface area contributed by atoms with E-state index in [-0.39, 0.29) is 5.91 Å². The Bertz CT molecular complexity index is 676. The van der Waals surface area contributed by atoms with Gasteiger partial charge in [0.2, 0.25) is 0 Å². The van der Waals surface area contributed by atoms with E-state index in [1.807, 2.05) is 0 Å². The molecule has 0 radical (unpaired) electrons. The summed E-state index contributed by atoms with van der Waals surface area (Å²) in [5.74, 6) is 0.297. The van der Waals surface area contributed by atoms with Crippen LogP contribution in [0.5, 0.6) is 5.75 Å². The summed E-state index contributed by atoms with van der Waals surface area (Å²) >= 11 is 17.8. The lowest BCUT2D eigenvalue weighted by molar-refractivity contribution is -0.127. The van der Waals surface area contributed by atoms with Gasteiger partial charge in [0.15, 0.2) is 6.10 Å². The average Bonchev–Trinajstić information content (AvgIpc) is 2.46. The van der Waals surface area contributed by atoms with Crippen molar-refractivity contribution in [2.24, 2.45) is 0 Å². The van der Waals surface area contributed by atoms with Crippen molar-refractivity contribution < 1.29 is 9.53 Å². The zero-order valence-electron chi connectivity index (χ0n) is 11.8.